The Morgan fingerprint density at radius 1 is 1.62 bits per heavy atom. The molecule has 2 rings (SSSR count). The molecule has 0 saturated heterocycles. The largest absolute Gasteiger partial charge is 0.465 e. The van der Waals surface area contributed by atoms with Gasteiger partial charge in [0.05, 0.1) is 7.11 Å². The quantitative estimate of drug-likeness (QED) is 0.651. The topological polar surface area (TPSA) is 39.2 Å². The van der Waals surface area contributed by atoms with E-state index in [1.807, 2.05) is 12.1 Å². The van der Waals surface area contributed by atoms with Crippen LogP contribution in [0.15, 0.2) is 24.4 Å². The highest BCUT2D eigenvalue weighted by Crippen LogP contribution is 2.23. The van der Waals surface area contributed by atoms with Crippen LogP contribution < -0.4 is 0 Å². The molecule has 0 amide bonds. The second-order valence-electron chi connectivity index (χ2n) is 2.50. The van der Waals surface area contributed by atoms with E-state index >= 15 is 0 Å². The number of pyridine rings is 1. The monoisotopic (exact) mass is 193 g/mol. The number of thiophene rings is 1. The van der Waals surface area contributed by atoms with Crippen LogP contribution in [0.25, 0.3) is 10.2 Å². The standard InChI is InChI=1S/C9H7NO2S/c1-12-9(11)7-5-6-3-2-4-10-8(6)13-7/h2-5H,1H3. The molecule has 13 heavy (non-hydrogen) atoms. The molecule has 3 nitrogen and oxygen atoms in total. The first-order valence-corrected chi connectivity index (χ1v) is 4.56. The third-order valence-electron chi connectivity index (χ3n) is 1.68. The van der Waals surface area contributed by atoms with Gasteiger partial charge < -0.3 is 4.74 Å². The molecule has 2 aromatic rings. The number of ether oxygens (including phenoxy) is 1. The summed E-state index contributed by atoms with van der Waals surface area (Å²) in [6, 6.07) is 5.56. The van der Waals surface area contributed by atoms with Crippen LogP contribution in [0.1, 0.15) is 9.67 Å². The highest BCUT2D eigenvalue weighted by Gasteiger charge is 2.09. The average Bonchev–Trinajstić information content (AvgIpc) is 2.59. The van der Waals surface area contributed by atoms with Crippen LogP contribution in [0.4, 0.5) is 0 Å². The molecule has 0 atom stereocenters. The Bertz CT molecular complexity index is 417. The number of hydrogen-bond acceptors (Lipinski definition) is 4. The van der Waals surface area contributed by atoms with E-state index in [1.165, 1.54) is 18.4 Å². The molecule has 0 unspecified atom stereocenters. The average molecular weight is 193 g/mol. The SMILES string of the molecule is COC(=O)c1cc2cccnc2s1. The number of rotatable bonds is 1. The van der Waals surface area contributed by atoms with Crippen molar-refractivity contribution in [3.63, 3.8) is 0 Å². The van der Waals surface area contributed by atoms with E-state index < -0.39 is 0 Å². The molecule has 0 aromatic carbocycles. The fourth-order valence-electron chi connectivity index (χ4n) is 1.07. The molecule has 0 aliphatic rings. The molecular formula is C9H7NO2S. The predicted octanol–water partition coefficient (Wildman–Crippen LogP) is 2.08. The minimum atomic E-state index is -0.303. The maximum absolute atomic E-state index is 11.1. The summed E-state index contributed by atoms with van der Waals surface area (Å²) in [4.78, 5) is 16.7. The third-order valence-corrected chi connectivity index (χ3v) is 2.72. The summed E-state index contributed by atoms with van der Waals surface area (Å²) < 4.78 is 4.61. The number of carbonyl (C=O) groups is 1. The number of fused-ring (bicyclic) bond motifs is 1. The van der Waals surface area contributed by atoms with Gasteiger partial charge in [-0.15, -0.1) is 11.3 Å². The van der Waals surface area contributed by atoms with Gasteiger partial charge in [-0.05, 0) is 12.1 Å². The van der Waals surface area contributed by atoms with E-state index in [0.29, 0.717) is 4.88 Å². The van der Waals surface area contributed by atoms with Crippen molar-refractivity contribution in [2.45, 2.75) is 0 Å². The van der Waals surface area contributed by atoms with Gasteiger partial charge >= 0.3 is 5.97 Å². The van der Waals surface area contributed by atoms with Gasteiger partial charge in [-0.3, -0.25) is 0 Å². The van der Waals surface area contributed by atoms with Crippen molar-refractivity contribution >= 4 is 27.5 Å². The Morgan fingerprint density at radius 2 is 2.46 bits per heavy atom. The predicted molar refractivity (Wildman–Crippen MR) is 51.0 cm³/mol. The lowest BCUT2D eigenvalue weighted by atomic mass is 10.3. The first-order chi connectivity index (χ1) is 6.31. The van der Waals surface area contributed by atoms with Crippen molar-refractivity contribution in [3.8, 4) is 0 Å². The summed E-state index contributed by atoms with van der Waals surface area (Å²) in [5.41, 5.74) is 0. The summed E-state index contributed by atoms with van der Waals surface area (Å²) in [5.74, 6) is -0.303. The van der Waals surface area contributed by atoms with Gasteiger partial charge in [0, 0.05) is 11.6 Å². The molecule has 0 radical (unpaired) electrons. The summed E-state index contributed by atoms with van der Waals surface area (Å²) in [7, 11) is 1.38. The summed E-state index contributed by atoms with van der Waals surface area (Å²) in [6.45, 7) is 0. The van der Waals surface area contributed by atoms with Crippen LogP contribution >= 0.6 is 11.3 Å². The van der Waals surface area contributed by atoms with Crippen molar-refractivity contribution in [1.82, 2.24) is 4.98 Å². The van der Waals surface area contributed by atoms with Crippen LogP contribution in [0.3, 0.4) is 0 Å². The maximum atomic E-state index is 11.1. The van der Waals surface area contributed by atoms with E-state index in [0.717, 1.165) is 10.2 Å². The van der Waals surface area contributed by atoms with Crippen molar-refractivity contribution in [2.75, 3.05) is 7.11 Å². The van der Waals surface area contributed by atoms with E-state index in [4.69, 9.17) is 0 Å². The minimum Gasteiger partial charge on any atom is -0.465 e. The number of aromatic nitrogens is 1. The second-order valence-corrected chi connectivity index (χ2v) is 3.53. The molecule has 0 spiro atoms. The molecule has 0 saturated carbocycles. The molecule has 0 aliphatic carbocycles. The van der Waals surface area contributed by atoms with Crippen LogP contribution in [0.5, 0.6) is 0 Å². The van der Waals surface area contributed by atoms with Gasteiger partial charge in [0.15, 0.2) is 0 Å². The fraction of sp³-hybridized carbons (Fsp3) is 0.111. The lowest BCUT2D eigenvalue weighted by Crippen LogP contribution is -1.96. The number of methoxy groups -OCH3 is 1. The lowest BCUT2D eigenvalue weighted by molar-refractivity contribution is 0.0606. The molecular weight excluding hydrogens is 186 g/mol. The first-order valence-electron chi connectivity index (χ1n) is 3.74. The lowest BCUT2D eigenvalue weighted by Gasteiger charge is -1.90. The van der Waals surface area contributed by atoms with Crippen LogP contribution in [0.2, 0.25) is 0 Å². The van der Waals surface area contributed by atoms with Gasteiger partial charge in [0.1, 0.15) is 9.71 Å². The van der Waals surface area contributed by atoms with Gasteiger partial charge in [-0.2, -0.15) is 0 Å². The Hall–Kier alpha value is -1.42. The van der Waals surface area contributed by atoms with Crippen LogP contribution in [-0.4, -0.2) is 18.1 Å². The van der Waals surface area contributed by atoms with Crippen molar-refractivity contribution in [2.24, 2.45) is 0 Å². The highest BCUT2D eigenvalue weighted by molar-refractivity contribution is 7.20. The van der Waals surface area contributed by atoms with Crippen molar-refractivity contribution < 1.29 is 9.53 Å². The molecule has 0 bridgehead atoms. The molecule has 2 aromatic heterocycles. The Kier molecular flexibility index (Phi) is 1.98. The van der Waals surface area contributed by atoms with Gasteiger partial charge in [0.25, 0.3) is 0 Å². The molecule has 66 valence electrons. The summed E-state index contributed by atoms with van der Waals surface area (Å²) >= 11 is 1.34. The number of carbonyl (C=O) groups excluding carboxylic acids is 1. The molecule has 0 fully saturated rings. The first kappa shape index (κ1) is 8.19. The molecule has 0 N–H and O–H groups in total. The number of nitrogens with zero attached hydrogens (tertiary/aromatic N) is 1. The third kappa shape index (κ3) is 1.40. The van der Waals surface area contributed by atoms with Crippen LogP contribution in [0, 0.1) is 0 Å². The van der Waals surface area contributed by atoms with E-state index in [1.54, 1.807) is 12.3 Å². The van der Waals surface area contributed by atoms with E-state index in [9.17, 15) is 4.79 Å². The van der Waals surface area contributed by atoms with Gasteiger partial charge in [-0.25, -0.2) is 9.78 Å². The van der Waals surface area contributed by atoms with Gasteiger partial charge in [-0.1, -0.05) is 6.07 Å². The molecule has 2 heterocycles. The zero-order valence-corrected chi connectivity index (χ0v) is 7.80. The summed E-state index contributed by atoms with van der Waals surface area (Å²) in [6.07, 6.45) is 1.71. The fourth-order valence-corrected chi connectivity index (χ4v) is 1.99. The molecule has 4 heteroatoms. The van der Waals surface area contributed by atoms with Gasteiger partial charge in [0.2, 0.25) is 0 Å². The Morgan fingerprint density at radius 3 is 3.15 bits per heavy atom. The normalized spacial score (nSPS) is 10.2. The zero-order valence-electron chi connectivity index (χ0n) is 6.98. The highest BCUT2D eigenvalue weighted by atomic mass is 32.1. The second kappa shape index (κ2) is 3.14. The van der Waals surface area contributed by atoms with Crippen molar-refractivity contribution in [3.05, 3.63) is 29.3 Å². The Labute approximate surface area is 79.0 Å². The number of esters is 1. The van der Waals surface area contributed by atoms with E-state index in [-0.39, 0.29) is 5.97 Å². The van der Waals surface area contributed by atoms with Crippen molar-refractivity contribution in [1.29, 1.82) is 0 Å². The zero-order chi connectivity index (χ0) is 9.26. The summed E-state index contributed by atoms with van der Waals surface area (Å²) in [5, 5.41) is 0.980. The Balaban J connectivity index is 2.56. The van der Waals surface area contributed by atoms with E-state index in [2.05, 4.69) is 9.72 Å². The van der Waals surface area contributed by atoms with Crippen LogP contribution in [-0.2, 0) is 4.74 Å². The maximum Gasteiger partial charge on any atom is 0.348 e. The molecule has 0 aliphatic heterocycles. The number of hydrogen-bond donors (Lipinski definition) is 0. The smallest absolute Gasteiger partial charge is 0.348 e. The minimum absolute atomic E-state index is 0.303.